The number of nitrogens with zero attached hydrogens (tertiary/aromatic N) is 1. The molecule has 1 aromatic rings. The Morgan fingerprint density at radius 3 is 2.73 bits per heavy atom. The molecule has 0 saturated heterocycles. The maximum absolute atomic E-state index is 6.39. The number of hydrogen-bond donors (Lipinski definition) is 2. The number of aromatic nitrogens is 1. The Kier molecular flexibility index (Phi) is 3.03. The molecule has 0 bridgehead atoms. The minimum atomic E-state index is -0.209. The van der Waals surface area contributed by atoms with E-state index in [0.29, 0.717) is 0 Å². The van der Waals surface area contributed by atoms with E-state index in [2.05, 4.69) is 4.98 Å². The molecule has 3 nitrogen and oxygen atoms in total. The van der Waals surface area contributed by atoms with Gasteiger partial charge in [-0.25, -0.2) is 0 Å². The average Bonchev–Trinajstić information content (AvgIpc) is 2.24. The Hall–Kier alpha value is -0.930. The highest BCUT2D eigenvalue weighted by Crippen LogP contribution is 2.28. The highest BCUT2D eigenvalue weighted by Gasteiger charge is 2.34. The molecule has 82 valence electrons. The average molecular weight is 205 g/mol. The van der Waals surface area contributed by atoms with Gasteiger partial charge in [-0.1, -0.05) is 12.8 Å². The molecule has 0 spiro atoms. The Morgan fingerprint density at radius 2 is 2.07 bits per heavy atom. The molecule has 0 unspecified atom stereocenters. The molecule has 3 heteroatoms. The van der Waals surface area contributed by atoms with Gasteiger partial charge in [0, 0.05) is 24.0 Å². The highest BCUT2D eigenvalue weighted by atomic mass is 14.9. The summed E-state index contributed by atoms with van der Waals surface area (Å²) in [5.41, 5.74) is 13.5. The first-order valence-corrected chi connectivity index (χ1v) is 5.64. The summed E-state index contributed by atoms with van der Waals surface area (Å²) in [6, 6.07) is 4.19. The third-order valence-electron chi connectivity index (χ3n) is 3.43. The molecule has 1 aliphatic carbocycles. The molecule has 1 aromatic heterocycles. The minimum absolute atomic E-state index is 0.138. The van der Waals surface area contributed by atoms with Gasteiger partial charge in [0.2, 0.25) is 0 Å². The number of nitrogens with two attached hydrogens (primary N) is 2. The molecule has 1 heterocycles. The lowest BCUT2D eigenvalue weighted by atomic mass is 9.75. The van der Waals surface area contributed by atoms with Crippen LogP contribution < -0.4 is 11.5 Å². The van der Waals surface area contributed by atoms with E-state index < -0.39 is 0 Å². The van der Waals surface area contributed by atoms with Crippen molar-refractivity contribution in [3.63, 3.8) is 0 Å². The van der Waals surface area contributed by atoms with Gasteiger partial charge in [0.25, 0.3) is 0 Å². The Balaban J connectivity index is 2.09. The Bertz CT molecular complexity index is 312. The van der Waals surface area contributed by atoms with Crippen LogP contribution in [0.25, 0.3) is 0 Å². The second kappa shape index (κ2) is 4.29. The van der Waals surface area contributed by atoms with Crippen LogP contribution in [0.2, 0.25) is 0 Å². The Morgan fingerprint density at radius 1 is 1.33 bits per heavy atom. The van der Waals surface area contributed by atoms with Crippen LogP contribution in [0.4, 0.5) is 0 Å². The standard InChI is InChI=1S/C12H19N3/c13-11-3-1-2-6-12(11,14)9-10-4-7-15-8-5-10/h4-5,7-8,11H,1-3,6,9,13-14H2/t11-,12-/m1/s1. The van der Waals surface area contributed by atoms with E-state index in [0.717, 1.165) is 19.3 Å². The van der Waals surface area contributed by atoms with E-state index >= 15 is 0 Å². The zero-order valence-corrected chi connectivity index (χ0v) is 9.02. The zero-order valence-electron chi connectivity index (χ0n) is 9.02. The van der Waals surface area contributed by atoms with E-state index in [1.54, 1.807) is 0 Å². The summed E-state index contributed by atoms with van der Waals surface area (Å²) >= 11 is 0. The molecule has 1 saturated carbocycles. The van der Waals surface area contributed by atoms with Gasteiger partial charge in [0.1, 0.15) is 0 Å². The molecular weight excluding hydrogens is 186 g/mol. The fourth-order valence-corrected chi connectivity index (χ4v) is 2.39. The second-order valence-electron chi connectivity index (χ2n) is 4.62. The summed E-state index contributed by atoms with van der Waals surface area (Å²) in [7, 11) is 0. The molecule has 0 radical (unpaired) electrons. The molecule has 1 fully saturated rings. The lowest BCUT2D eigenvalue weighted by Crippen LogP contribution is -2.58. The van der Waals surface area contributed by atoms with E-state index in [1.807, 2.05) is 24.5 Å². The van der Waals surface area contributed by atoms with Crippen molar-refractivity contribution in [1.29, 1.82) is 0 Å². The maximum Gasteiger partial charge on any atom is 0.0348 e. The molecule has 4 N–H and O–H groups in total. The molecule has 0 aromatic carbocycles. The largest absolute Gasteiger partial charge is 0.326 e. The summed E-state index contributed by atoms with van der Waals surface area (Å²) in [4.78, 5) is 4.01. The summed E-state index contributed by atoms with van der Waals surface area (Å²) in [5.74, 6) is 0. The van der Waals surface area contributed by atoms with Crippen LogP contribution in [0.3, 0.4) is 0 Å². The van der Waals surface area contributed by atoms with Gasteiger partial charge >= 0.3 is 0 Å². The SMILES string of the molecule is N[C@@H]1CCCC[C@@]1(N)Cc1ccncc1. The van der Waals surface area contributed by atoms with Gasteiger partial charge in [-0.05, 0) is 37.0 Å². The van der Waals surface area contributed by atoms with Crippen LogP contribution in [-0.2, 0) is 6.42 Å². The van der Waals surface area contributed by atoms with Crippen molar-refractivity contribution < 1.29 is 0 Å². The summed E-state index contributed by atoms with van der Waals surface area (Å²) < 4.78 is 0. The van der Waals surface area contributed by atoms with Gasteiger partial charge in [0.05, 0.1) is 0 Å². The smallest absolute Gasteiger partial charge is 0.0348 e. The minimum Gasteiger partial charge on any atom is -0.326 e. The van der Waals surface area contributed by atoms with Gasteiger partial charge in [-0.2, -0.15) is 0 Å². The summed E-state index contributed by atoms with van der Waals surface area (Å²) in [6.07, 6.45) is 9.01. The number of rotatable bonds is 2. The van der Waals surface area contributed by atoms with Crippen molar-refractivity contribution in [1.82, 2.24) is 4.98 Å². The van der Waals surface area contributed by atoms with Crippen LogP contribution in [-0.4, -0.2) is 16.6 Å². The Labute approximate surface area is 90.9 Å². The molecule has 15 heavy (non-hydrogen) atoms. The maximum atomic E-state index is 6.39. The fourth-order valence-electron chi connectivity index (χ4n) is 2.39. The van der Waals surface area contributed by atoms with E-state index in [4.69, 9.17) is 11.5 Å². The predicted molar refractivity (Wildman–Crippen MR) is 61.3 cm³/mol. The molecule has 1 aliphatic rings. The lowest BCUT2D eigenvalue weighted by Gasteiger charge is -2.39. The van der Waals surface area contributed by atoms with E-state index in [-0.39, 0.29) is 11.6 Å². The van der Waals surface area contributed by atoms with Crippen molar-refractivity contribution >= 4 is 0 Å². The normalized spacial score (nSPS) is 31.5. The van der Waals surface area contributed by atoms with Crippen molar-refractivity contribution in [3.8, 4) is 0 Å². The predicted octanol–water partition coefficient (Wildman–Crippen LogP) is 1.22. The first-order valence-electron chi connectivity index (χ1n) is 5.64. The van der Waals surface area contributed by atoms with Crippen molar-refractivity contribution in [2.45, 2.75) is 43.7 Å². The van der Waals surface area contributed by atoms with Crippen molar-refractivity contribution in [2.75, 3.05) is 0 Å². The van der Waals surface area contributed by atoms with Crippen molar-refractivity contribution in [2.24, 2.45) is 11.5 Å². The molecular formula is C12H19N3. The molecule has 2 rings (SSSR count). The van der Waals surface area contributed by atoms with E-state index in [9.17, 15) is 0 Å². The van der Waals surface area contributed by atoms with Crippen molar-refractivity contribution in [3.05, 3.63) is 30.1 Å². The van der Waals surface area contributed by atoms with E-state index in [1.165, 1.54) is 18.4 Å². The molecule has 2 atom stereocenters. The van der Waals surface area contributed by atoms with Crippen LogP contribution >= 0.6 is 0 Å². The fraction of sp³-hybridized carbons (Fsp3) is 0.583. The third-order valence-corrected chi connectivity index (χ3v) is 3.43. The van der Waals surface area contributed by atoms with Gasteiger partial charge < -0.3 is 11.5 Å². The monoisotopic (exact) mass is 205 g/mol. The second-order valence-corrected chi connectivity index (χ2v) is 4.62. The first-order chi connectivity index (χ1) is 7.21. The highest BCUT2D eigenvalue weighted by molar-refractivity contribution is 5.16. The van der Waals surface area contributed by atoms with Gasteiger partial charge in [0.15, 0.2) is 0 Å². The molecule has 0 aliphatic heterocycles. The number of hydrogen-bond acceptors (Lipinski definition) is 3. The van der Waals surface area contributed by atoms with Crippen LogP contribution in [0.1, 0.15) is 31.2 Å². The van der Waals surface area contributed by atoms with Crippen LogP contribution in [0.15, 0.2) is 24.5 Å². The molecule has 0 amide bonds. The van der Waals surface area contributed by atoms with Crippen LogP contribution in [0.5, 0.6) is 0 Å². The van der Waals surface area contributed by atoms with Gasteiger partial charge in [-0.15, -0.1) is 0 Å². The topological polar surface area (TPSA) is 64.9 Å². The zero-order chi connectivity index (χ0) is 10.7. The first kappa shape index (κ1) is 10.6. The third kappa shape index (κ3) is 2.36. The van der Waals surface area contributed by atoms with Gasteiger partial charge in [-0.3, -0.25) is 4.98 Å². The lowest BCUT2D eigenvalue weighted by molar-refractivity contribution is 0.251. The summed E-state index contributed by atoms with van der Waals surface area (Å²) in [6.45, 7) is 0. The quantitative estimate of drug-likeness (QED) is 0.763. The van der Waals surface area contributed by atoms with Crippen LogP contribution in [0, 0.1) is 0 Å². The number of pyridine rings is 1. The summed E-state index contributed by atoms with van der Waals surface area (Å²) in [5, 5.41) is 0.